The zero-order valence-electron chi connectivity index (χ0n) is 35.1. The van der Waals surface area contributed by atoms with Gasteiger partial charge >= 0.3 is 0 Å². The van der Waals surface area contributed by atoms with Crippen molar-refractivity contribution in [1.82, 2.24) is 0 Å². The molecule has 7 aromatic rings. The number of rotatable bonds is 6. The van der Waals surface area contributed by atoms with E-state index in [-0.39, 0.29) is 10.8 Å². The lowest BCUT2D eigenvalue weighted by Crippen LogP contribution is -2.38. The van der Waals surface area contributed by atoms with Crippen LogP contribution in [0.1, 0.15) is 83.3 Å². The van der Waals surface area contributed by atoms with E-state index in [9.17, 15) is 0 Å². The number of hydrogen-bond donors (Lipinski definition) is 0. The molecule has 2 heterocycles. The van der Waals surface area contributed by atoms with Gasteiger partial charge in [-0.15, -0.1) is 0 Å². The highest BCUT2D eigenvalue weighted by molar-refractivity contribution is 5.96. The molecule has 0 saturated carbocycles. The van der Waals surface area contributed by atoms with Crippen LogP contribution in [0, 0.1) is 41.5 Å². The maximum Gasteiger partial charge on any atom is 0.0545 e. The molecule has 0 fully saturated rings. The Balaban J connectivity index is 1.32. The summed E-state index contributed by atoms with van der Waals surface area (Å²) in [6, 6.07) is 52.8. The third-order valence-electron chi connectivity index (χ3n) is 12.5. The zero-order valence-corrected chi connectivity index (χ0v) is 35.1. The summed E-state index contributed by atoms with van der Waals surface area (Å²) in [5.74, 6) is 0. The van der Waals surface area contributed by atoms with Crippen LogP contribution in [-0.2, 0) is 10.8 Å². The van der Waals surface area contributed by atoms with Gasteiger partial charge in [0.25, 0.3) is 0 Å². The van der Waals surface area contributed by atoms with Crippen molar-refractivity contribution in [2.24, 2.45) is 0 Å². The third kappa shape index (κ3) is 5.95. The van der Waals surface area contributed by atoms with Gasteiger partial charge in [0, 0.05) is 45.0 Å². The second kappa shape index (κ2) is 13.3. The summed E-state index contributed by atoms with van der Waals surface area (Å²) in [5.41, 5.74) is 23.1. The Labute approximate surface area is 339 Å². The number of para-hydroxylation sites is 1. The number of fused-ring (bicyclic) bond motifs is 4. The van der Waals surface area contributed by atoms with Gasteiger partial charge in [0.15, 0.2) is 0 Å². The van der Waals surface area contributed by atoms with Crippen LogP contribution in [0.25, 0.3) is 0 Å². The van der Waals surface area contributed by atoms with Gasteiger partial charge in [-0.05, 0) is 159 Å². The Kier molecular flexibility index (Phi) is 8.51. The van der Waals surface area contributed by atoms with Crippen molar-refractivity contribution in [2.45, 2.75) is 80.1 Å². The van der Waals surface area contributed by atoms with Crippen molar-refractivity contribution in [3.8, 4) is 0 Å². The maximum absolute atomic E-state index is 2.57. The third-order valence-corrected chi connectivity index (χ3v) is 12.5. The second-order valence-corrected chi connectivity index (χ2v) is 17.7. The Bertz CT molecular complexity index is 2680. The van der Waals surface area contributed by atoms with Crippen LogP contribution < -0.4 is 14.7 Å². The Morgan fingerprint density at radius 3 is 1.47 bits per heavy atom. The molecule has 57 heavy (non-hydrogen) atoms. The monoisotopic (exact) mass is 743 g/mol. The van der Waals surface area contributed by atoms with Crippen LogP contribution in [0.5, 0.6) is 0 Å². The number of benzene rings is 7. The molecule has 0 amide bonds. The summed E-state index contributed by atoms with van der Waals surface area (Å²) >= 11 is 0. The maximum atomic E-state index is 2.57. The van der Waals surface area contributed by atoms with E-state index in [0.717, 1.165) is 17.1 Å². The van der Waals surface area contributed by atoms with Gasteiger partial charge < -0.3 is 14.7 Å². The molecule has 2 aliphatic rings. The predicted octanol–water partition coefficient (Wildman–Crippen LogP) is 15.2. The average Bonchev–Trinajstić information content (AvgIpc) is 3.17. The van der Waals surface area contributed by atoms with Crippen molar-refractivity contribution in [3.05, 3.63) is 195 Å². The van der Waals surface area contributed by atoms with Crippen LogP contribution in [0.4, 0.5) is 51.2 Å². The number of anilines is 9. The van der Waals surface area contributed by atoms with Crippen molar-refractivity contribution in [3.63, 3.8) is 0 Å². The van der Waals surface area contributed by atoms with Crippen molar-refractivity contribution < 1.29 is 0 Å². The fraction of sp³-hybridized carbons (Fsp3) is 0.222. The van der Waals surface area contributed by atoms with Crippen LogP contribution in [0.2, 0.25) is 0 Å². The molecule has 3 heteroatoms. The van der Waals surface area contributed by atoms with Gasteiger partial charge in [-0.3, -0.25) is 0 Å². The lowest BCUT2D eigenvalue weighted by molar-refractivity contribution is 0.597. The van der Waals surface area contributed by atoms with Crippen LogP contribution in [0.3, 0.4) is 0 Å². The lowest BCUT2D eigenvalue weighted by Gasteiger charge is -2.50. The number of aryl methyl sites for hydroxylation is 6. The number of nitrogens with zero attached hydrogens (tertiary/aromatic N) is 3. The second-order valence-electron chi connectivity index (χ2n) is 17.7. The number of hydrogen-bond acceptors (Lipinski definition) is 3. The molecule has 3 nitrogen and oxygen atoms in total. The molecular weight excluding hydrogens is 691 g/mol. The normalized spacial score (nSPS) is 14.4. The molecule has 7 aromatic carbocycles. The van der Waals surface area contributed by atoms with Crippen LogP contribution >= 0.6 is 0 Å². The first-order valence-corrected chi connectivity index (χ1v) is 20.3. The first-order valence-electron chi connectivity index (χ1n) is 20.3. The fourth-order valence-electron chi connectivity index (χ4n) is 9.56. The smallest absolute Gasteiger partial charge is 0.0545 e. The topological polar surface area (TPSA) is 9.72 Å². The first-order chi connectivity index (χ1) is 27.2. The molecule has 0 aliphatic carbocycles. The van der Waals surface area contributed by atoms with E-state index in [2.05, 4.69) is 223 Å². The van der Waals surface area contributed by atoms with Crippen molar-refractivity contribution in [1.29, 1.82) is 0 Å². The molecule has 0 bridgehead atoms. The Morgan fingerprint density at radius 2 is 0.860 bits per heavy atom. The largest absolute Gasteiger partial charge is 0.310 e. The fourth-order valence-corrected chi connectivity index (χ4v) is 9.56. The summed E-state index contributed by atoms with van der Waals surface area (Å²) in [4.78, 5) is 7.48. The molecule has 0 saturated heterocycles. The first kappa shape index (κ1) is 36.6. The summed E-state index contributed by atoms with van der Waals surface area (Å²) in [5, 5.41) is 0. The van der Waals surface area contributed by atoms with E-state index >= 15 is 0 Å². The van der Waals surface area contributed by atoms with Crippen molar-refractivity contribution in [2.75, 3.05) is 14.7 Å². The molecule has 0 atom stereocenters. The quantitative estimate of drug-likeness (QED) is 0.168. The van der Waals surface area contributed by atoms with E-state index in [0.29, 0.717) is 0 Å². The summed E-state index contributed by atoms with van der Waals surface area (Å²) < 4.78 is 0. The minimum Gasteiger partial charge on any atom is -0.310 e. The average molecular weight is 744 g/mol. The lowest BCUT2D eigenvalue weighted by atomic mass is 9.66. The van der Waals surface area contributed by atoms with Crippen molar-refractivity contribution >= 4 is 51.2 Å². The predicted molar refractivity (Wildman–Crippen MR) is 243 cm³/mol. The Hall–Kier alpha value is -6.06. The van der Waals surface area contributed by atoms with Crippen LogP contribution in [-0.4, -0.2) is 0 Å². The molecule has 284 valence electrons. The molecule has 0 radical (unpaired) electrons. The van der Waals surface area contributed by atoms with Crippen LogP contribution in [0.15, 0.2) is 140 Å². The van der Waals surface area contributed by atoms with E-state index < -0.39 is 0 Å². The Morgan fingerprint density at radius 1 is 0.368 bits per heavy atom. The van der Waals surface area contributed by atoms with Gasteiger partial charge in [-0.2, -0.15) is 0 Å². The molecule has 0 N–H and O–H groups in total. The standard InChI is InChI=1S/C54H53N3/c1-34-15-20-40(21-16-34)55(43-29-37(4)27-38(5)30-43)42-24-26-51-46(31-42)54(9,10)48-33-44(32-47-52(48)57(51)50-14-12-11-13-45(50)53(47,7)8)56(41-22-17-35(2)18-23-41)49-25-19-36(3)28-39(49)6/h11-33H,1-10H3. The van der Waals surface area contributed by atoms with E-state index in [4.69, 9.17) is 0 Å². The molecular formula is C54H53N3. The highest BCUT2D eigenvalue weighted by atomic mass is 15.2. The highest BCUT2D eigenvalue weighted by Gasteiger charge is 2.46. The zero-order chi connectivity index (χ0) is 40.0. The summed E-state index contributed by atoms with van der Waals surface area (Å²) in [6.07, 6.45) is 0. The van der Waals surface area contributed by atoms with Gasteiger partial charge in [0.1, 0.15) is 0 Å². The molecule has 0 aromatic heterocycles. The SMILES string of the molecule is Cc1ccc(N(c2cc(C)cc(C)c2)c2ccc3c(c2)C(C)(C)c2cc(N(c4ccc(C)cc4)c4ccc(C)cc4C)cc4c2N3c2ccccc2C4(C)C)cc1. The molecule has 9 rings (SSSR count). The summed E-state index contributed by atoms with van der Waals surface area (Å²) in [7, 11) is 0. The minimum absolute atomic E-state index is 0.243. The van der Waals surface area contributed by atoms with E-state index in [1.807, 2.05) is 0 Å². The van der Waals surface area contributed by atoms with Gasteiger partial charge in [0.05, 0.1) is 17.1 Å². The van der Waals surface area contributed by atoms with E-state index in [1.165, 1.54) is 89.8 Å². The highest BCUT2D eigenvalue weighted by Crippen LogP contribution is 2.62. The van der Waals surface area contributed by atoms with Gasteiger partial charge in [0.2, 0.25) is 0 Å². The molecule has 2 aliphatic heterocycles. The minimum atomic E-state index is -0.340. The summed E-state index contributed by atoms with van der Waals surface area (Å²) in [6.45, 7) is 22.8. The molecule has 0 unspecified atom stereocenters. The van der Waals surface area contributed by atoms with E-state index in [1.54, 1.807) is 0 Å². The van der Waals surface area contributed by atoms with Gasteiger partial charge in [-0.1, -0.05) is 105 Å². The molecule has 0 spiro atoms. The van der Waals surface area contributed by atoms with Gasteiger partial charge in [-0.25, -0.2) is 0 Å².